The minimum Gasteiger partial charge on any atom is -0.504 e. The van der Waals surface area contributed by atoms with E-state index >= 15 is 0 Å². The van der Waals surface area contributed by atoms with Crippen LogP contribution < -0.4 is 10.5 Å². The molecule has 1 amide bonds. The molecule has 0 unspecified atom stereocenters. The Morgan fingerprint density at radius 2 is 1.92 bits per heavy atom. The summed E-state index contributed by atoms with van der Waals surface area (Å²) < 4.78 is 49.0. The number of aromatic nitrogens is 8. The lowest BCUT2D eigenvalue weighted by Crippen LogP contribution is -2.51. The zero-order valence-corrected chi connectivity index (χ0v) is 27.1. The fourth-order valence-corrected chi connectivity index (χ4v) is 6.48. The molecule has 0 spiro atoms. The molecule has 1 fully saturated rings. The van der Waals surface area contributed by atoms with Crippen LogP contribution in [0.4, 0.5) is 18.9 Å². The minimum atomic E-state index is -4.60. The highest BCUT2D eigenvalue weighted by atomic mass is 35.5. The van der Waals surface area contributed by atoms with Gasteiger partial charge < -0.3 is 29.2 Å². The van der Waals surface area contributed by atoms with Crippen molar-refractivity contribution in [2.45, 2.75) is 39.4 Å². The van der Waals surface area contributed by atoms with E-state index in [9.17, 15) is 27.9 Å². The zero-order valence-electron chi connectivity index (χ0n) is 26.4. The predicted octanol–water partition coefficient (Wildman–Crippen LogP) is 3.62. The topological polar surface area (TPSA) is 160 Å². The van der Waals surface area contributed by atoms with Crippen molar-refractivity contribution in [1.29, 1.82) is 0 Å². The summed E-state index contributed by atoms with van der Waals surface area (Å²) in [4.78, 5) is 51.0. The van der Waals surface area contributed by atoms with Crippen LogP contribution in [0.25, 0.3) is 22.4 Å². The van der Waals surface area contributed by atoms with Crippen molar-refractivity contribution in [3.63, 3.8) is 0 Å². The lowest BCUT2D eigenvalue weighted by atomic mass is 10.1. The number of ether oxygens (including phenoxy) is 1. The predicted molar refractivity (Wildman–Crippen MR) is 172 cm³/mol. The molecule has 2 aliphatic rings. The molecule has 1 aromatic carbocycles. The molecular weight excluding hydrogens is 669 g/mol. The van der Waals surface area contributed by atoms with Crippen LogP contribution in [-0.4, -0.2) is 94.4 Å². The SMILES string of the molecule is CCc1c(N2CCN(C(=O)c3ncnc(C)c3O)CC2)c(=O)n2nc(C3=CCOCC3)nc2n1Cc1nc2c(Cl)cc(C(F)(F)F)cc2[nH]1. The van der Waals surface area contributed by atoms with E-state index in [1.54, 1.807) is 16.4 Å². The number of alkyl halides is 3. The number of nitrogens with one attached hydrogen (secondary N) is 1. The number of H-pyrrole nitrogens is 1. The van der Waals surface area contributed by atoms with Crippen molar-refractivity contribution in [1.82, 2.24) is 44.0 Å². The molecule has 0 atom stereocenters. The maximum Gasteiger partial charge on any atom is 0.416 e. The number of piperazine rings is 1. The first-order valence-electron chi connectivity index (χ1n) is 15.5. The summed E-state index contributed by atoms with van der Waals surface area (Å²) in [6, 6.07) is 1.80. The monoisotopic (exact) mass is 698 g/mol. The molecule has 2 aliphatic heterocycles. The number of anilines is 1. The van der Waals surface area contributed by atoms with E-state index in [1.165, 1.54) is 10.8 Å². The van der Waals surface area contributed by atoms with Crippen molar-refractivity contribution in [3.05, 3.63) is 74.2 Å². The number of halogens is 4. The van der Waals surface area contributed by atoms with E-state index in [0.717, 1.165) is 17.7 Å². The zero-order chi connectivity index (χ0) is 34.6. The highest BCUT2D eigenvalue weighted by Gasteiger charge is 2.33. The summed E-state index contributed by atoms with van der Waals surface area (Å²) in [7, 11) is 0. The van der Waals surface area contributed by atoms with E-state index in [1.807, 2.05) is 17.9 Å². The van der Waals surface area contributed by atoms with E-state index in [-0.39, 0.29) is 71.7 Å². The van der Waals surface area contributed by atoms with Crippen LogP contribution >= 0.6 is 11.6 Å². The number of amides is 1. The minimum absolute atomic E-state index is 0.0113. The van der Waals surface area contributed by atoms with Crippen LogP contribution in [0.15, 0.2) is 29.3 Å². The Labute approximate surface area is 280 Å². The fraction of sp³-hybridized carbons (Fsp3) is 0.387. The molecule has 18 heteroatoms. The highest BCUT2D eigenvalue weighted by Crippen LogP contribution is 2.35. The average molecular weight is 699 g/mol. The molecule has 6 heterocycles. The van der Waals surface area contributed by atoms with Crippen molar-refractivity contribution in [2.24, 2.45) is 0 Å². The first-order chi connectivity index (χ1) is 23.4. The van der Waals surface area contributed by atoms with Crippen LogP contribution in [0.3, 0.4) is 0 Å². The second kappa shape index (κ2) is 12.5. The molecule has 14 nitrogen and oxygen atoms in total. The summed E-state index contributed by atoms with van der Waals surface area (Å²) in [6.07, 6.45) is -0.581. The number of aromatic hydroxyl groups is 1. The lowest BCUT2D eigenvalue weighted by molar-refractivity contribution is -0.137. The van der Waals surface area contributed by atoms with Gasteiger partial charge in [-0.05, 0) is 37.5 Å². The fourth-order valence-electron chi connectivity index (χ4n) is 6.22. The van der Waals surface area contributed by atoms with Crippen molar-refractivity contribution in [3.8, 4) is 5.75 Å². The number of aromatic amines is 1. The third-order valence-electron chi connectivity index (χ3n) is 8.73. The number of nitrogens with zero attached hydrogens (tertiary/aromatic N) is 9. The van der Waals surface area contributed by atoms with Gasteiger partial charge in [-0.2, -0.15) is 22.7 Å². The molecule has 4 aromatic heterocycles. The second-order valence-electron chi connectivity index (χ2n) is 11.7. The van der Waals surface area contributed by atoms with Crippen molar-refractivity contribution in [2.75, 3.05) is 44.3 Å². The van der Waals surface area contributed by atoms with Gasteiger partial charge in [0.1, 0.15) is 23.4 Å². The van der Waals surface area contributed by atoms with Gasteiger partial charge in [-0.3, -0.25) is 9.59 Å². The maximum atomic E-state index is 14.2. The van der Waals surface area contributed by atoms with Gasteiger partial charge >= 0.3 is 6.18 Å². The molecular formula is C31H30ClF3N10O4. The van der Waals surface area contributed by atoms with E-state index < -0.39 is 23.2 Å². The van der Waals surface area contributed by atoms with Crippen LogP contribution in [0.1, 0.15) is 52.4 Å². The average Bonchev–Trinajstić information content (AvgIpc) is 3.72. The first-order valence-corrected chi connectivity index (χ1v) is 15.9. The molecule has 2 N–H and O–H groups in total. The molecule has 49 heavy (non-hydrogen) atoms. The standard InChI is InChI=1S/C31H30ClF3N10O4/c1-3-21-25(42-6-8-43(9-7-42)28(47)24-26(46)16(2)36-15-37-24)29(48)45-30(40-27(41-45)17-4-10-49-11-5-17)44(21)14-22-38-20-13-18(31(33,34)35)12-19(32)23(20)39-22/h4,12-13,15,46H,3,5-11,14H2,1-2H3,(H,38,39). The van der Waals surface area contributed by atoms with Gasteiger partial charge in [0.15, 0.2) is 17.3 Å². The van der Waals surface area contributed by atoms with E-state index in [4.69, 9.17) is 21.3 Å². The smallest absolute Gasteiger partial charge is 0.416 e. The highest BCUT2D eigenvalue weighted by molar-refractivity contribution is 6.35. The molecule has 0 aliphatic carbocycles. The van der Waals surface area contributed by atoms with Gasteiger partial charge in [0.05, 0.1) is 47.2 Å². The number of imidazole rings is 1. The summed E-state index contributed by atoms with van der Waals surface area (Å²) in [5.41, 5.74) is 0.964. The number of aryl methyl sites for hydroxylation is 1. The molecule has 1 saturated heterocycles. The Bertz CT molecular complexity index is 2200. The second-order valence-corrected chi connectivity index (χ2v) is 12.1. The third kappa shape index (κ3) is 5.86. The maximum absolute atomic E-state index is 14.2. The van der Waals surface area contributed by atoms with Gasteiger partial charge in [-0.15, -0.1) is 5.10 Å². The summed E-state index contributed by atoms with van der Waals surface area (Å²) in [5.74, 6) is 0.173. The quantitative estimate of drug-likeness (QED) is 0.268. The normalized spacial score (nSPS) is 15.8. The summed E-state index contributed by atoms with van der Waals surface area (Å²) >= 11 is 6.24. The summed E-state index contributed by atoms with van der Waals surface area (Å²) in [6.45, 7) is 5.38. The van der Waals surface area contributed by atoms with Crippen molar-refractivity contribution < 1.29 is 27.8 Å². The number of hydrogen-bond donors (Lipinski definition) is 2. The number of fused-ring (bicyclic) bond motifs is 2. The number of hydrogen-bond acceptors (Lipinski definition) is 10. The van der Waals surface area contributed by atoms with Gasteiger partial charge in [0.2, 0.25) is 5.78 Å². The molecule has 256 valence electrons. The van der Waals surface area contributed by atoms with Gasteiger partial charge in [0.25, 0.3) is 11.5 Å². The molecule has 0 saturated carbocycles. The summed E-state index contributed by atoms with van der Waals surface area (Å²) in [5, 5.41) is 14.8. The number of carbonyl (C=O) groups excluding carboxylic acids is 1. The Morgan fingerprint density at radius 3 is 2.61 bits per heavy atom. The lowest BCUT2D eigenvalue weighted by Gasteiger charge is -2.36. The molecule has 5 aromatic rings. The number of carbonyl (C=O) groups is 1. The van der Waals surface area contributed by atoms with Crippen LogP contribution in [0.2, 0.25) is 5.02 Å². The number of rotatable bonds is 6. The Morgan fingerprint density at radius 1 is 1.14 bits per heavy atom. The number of benzene rings is 1. The largest absolute Gasteiger partial charge is 0.504 e. The van der Waals surface area contributed by atoms with Gasteiger partial charge in [0, 0.05) is 26.2 Å². The van der Waals surface area contributed by atoms with Crippen LogP contribution in [0.5, 0.6) is 5.75 Å². The van der Waals surface area contributed by atoms with Gasteiger partial charge in [-0.25, -0.2) is 15.0 Å². The molecule has 7 rings (SSSR count). The van der Waals surface area contributed by atoms with Crippen molar-refractivity contribution >= 4 is 45.6 Å². The molecule has 0 bridgehead atoms. The van der Waals surface area contributed by atoms with Gasteiger partial charge in [-0.1, -0.05) is 24.6 Å². The van der Waals surface area contributed by atoms with Crippen LogP contribution in [0, 0.1) is 6.92 Å². The van der Waals surface area contributed by atoms with E-state index in [2.05, 4.69) is 25.0 Å². The van der Waals surface area contributed by atoms with E-state index in [0.29, 0.717) is 49.1 Å². The molecule has 0 radical (unpaired) electrons. The third-order valence-corrected chi connectivity index (χ3v) is 9.01. The Kier molecular flexibility index (Phi) is 8.26. The Hall–Kier alpha value is -5.03. The Balaban J connectivity index is 1.30. The van der Waals surface area contributed by atoms with Crippen LogP contribution in [-0.2, 0) is 23.9 Å². The first kappa shape index (κ1) is 32.5.